The van der Waals surface area contributed by atoms with Crippen LogP contribution in [0.1, 0.15) is 12.8 Å². The van der Waals surface area contributed by atoms with Crippen molar-refractivity contribution in [2.45, 2.75) is 23.8 Å². The predicted octanol–water partition coefficient (Wildman–Crippen LogP) is 1.85. The van der Waals surface area contributed by atoms with Crippen LogP contribution in [0.3, 0.4) is 0 Å². The third-order valence-electron chi connectivity index (χ3n) is 3.67. The minimum atomic E-state index is -3.82. The maximum Gasteiger partial charge on any atom is 0.316 e. The number of hydrogen-bond donors (Lipinski definition) is 0. The zero-order valence-corrected chi connectivity index (χ0v) is 13.1. The summed E-state index contributed by atoms with van der Waals surface area (Å²) in [5, 5.41) is 0. The first-order valence-electron chi connectivity index (χ1n) is 7.26. The molecule has 6 nitrogen and oxygen atoms in total. The van der Waals surface area contributed by atoms with E-state index in [4.69, 9.17) is 4.74 Å². The van der Waals surface area contributed by atoms with Gasteiger partial charge in [0.2, 0.25) is 10.0 Å². The van der Waals surface area contributed by atoms with Crippen molar-refractivity contribution in [1.82, 2.24) is 14.3 Å². The molecule has 23 heavy (non-hydrogen) atoms. The van der Waals surface area contributed by atoms with Crippen molar-refractivity contribution in [3.63, 3.8) is 0 Å². The lowest BCUT2D eigenvalue weighted by Crippen LogP contribution is -2.42. The third-order valence-corrected chi connectivity index (χ3v) is 5.60. The van der Waals surface area contributed by atoms with Crippen molar-refractivity contribution in [3.05, 3.63) is 48.5 Å². The molecule has 1 fully saturated rings. The molecule has 1 aromatic carbocycles. The van der Waals surface area contributed by atoms with Crippen LogP contribution < -0.4 is 4.74 Å². The number of nitrogens with zero attached hydrogens (tertiary/aromatic N) is 3. The van der Waals surface area contributed by atoms with Crippen LogP contribution in [-0.4, -0.2) is 41.9 Å². The van der Waals surface area contributed by atoms with Gasteiger partial charge >= 0.3 is 6.01 Å². The summed E-state index contributed by atoms with van der Waals surface area (Å²) in [6, 6.07) is 7.38. The first-order valence-corrected chi connectivity index (χ1v) is 8.70. The van der Waals surface area contributed by atoms with E-state index in [1.165, 1.54) is 22.5 Å². The Kier molecular flexibility index (Phi) is 4.53. The molecule has 0 unspecified atom stereocenters. The molecule has 0 saturated carbocycles. The average Bonchev–Trinajstić information content (AvgIpc) is 2.56. The van der Waals surface area contributed by atoms with Gasteiger partial charge in [0, 0.05) is 25.5 Å². The second-order valence-electron chi connectivity index (χ2n) is 5.18. The van der Waals surface area contributed by atoms with Crippen molar-refractivity contribution in [1.29, 1.82) is 0 Å². The Bertz CT molecular complexity index is 763. The van der Waals surface area contributed by atoms with E-state index in [0.717, 1.165) is 6.07 Å². The molecular weight excluding hydrogens is 321 g/mol. The predicted molar refractivity (Wildman–Crippen MR) is 80.8 cm³/mol. The first kappa shape index (κ1) is 15.8. The summed E-state index contributed by atoms with van der Waals surface area (Å²) in [5.41, 5.74) is 0. The second-order valence-corrected chi connectivity index (χ2v) is 7.09. The lowest BCUT2D eigenvalue weighted by molar-refractivity contribution is 0.124. The van der Waals surface area contributed by atoms with Gasteiger partial charge in [-0.2, -0.15) is 4.31 Å². The van der Waals surface area contributed by atoms with Crippen LogP contribution in [0.5, 0.6) is 6.01 Å². The van der Waals surface area contributed by atoms with E-state index in [1.807, 2.05) is 0 Å². The Labute approximate surface area is 134 Å². The minimum absolute atomic E-state index is 0.149. The Morgan fingerprint density at radius 2 is 1.74 bits per heavy atom. The smallest absolute Gasteiger partial charge is 0.316 e. The molecule has 0 bridgehead atoms. The first-order chi connectivity index (χ1) is 11.1. The number of piperidine rings is 1. The van der Waals surface area contributed by atoms with Gasteiger partial charge in [-0.15, -0.1) is 0 Å². The largest absolute Gasteiger partial charge is 0.460 e. The van der Waals surface area contributed by atoms with Crippen molar-refractivity contribution < 1.29 is 17.5 Å². The fourth-order valence-electron chi connectivity index (χ4n) is 2.48. The molecular formula is C15H16FN3O3S. The fraction of sp³-hybridized carbons (Fsp3) is 0.333. The van der Waals surface area contributed by atoms with Gasteiger partial charge in [-0.1, -0.05) is 12.1 Å². The summed E-state index contributed by atoms with van der Waals surface area (Å²) in [4.78, 5) is 7.68. The van der Waals surface area contributed by atoms with E-state index < -0.39 is 15.8 Å². The highest BCUT2D eigenvalue weighted by molar-refractivity contribution is 7.89. The molecule has 3 rings (SSSR count). The molecule has 2 heterocycles. The van der Waals surface area contributed by atoms with Gasteiger partial charge in [-0.3, -0.25) is 0 Å². The highest BCUT2D eigenvalue weighted by Gasteiger charge is 2.32. The summed E-state index contributed by atoms with van der Waals surface area (Å²) in [6.07, 6.45) is 4.03. The lowest BCUT2D eigenvalue weighted by Gasteiger charge is -2.30. The van der Waals surface area contributed by atoms with Gasteiger partial charge in [0.1, 0.15) is 16.8 Å². The van der Waals surface area contributed by atoms with E-state index in [0.29, 0.717) is 12.8 Å². The Hall–Kier alpha value is -2.06. The Morgan fingerprint density at radius 1 is 1.09 bits per heavy atom. The summed E-state index contributed by atoms with van der Waals surface area (Å²) < 4.78 is 45.7. The molecule has 122 valence electrons. The van der Waals surface area contributed by atoms with E-state index in [2.05, 4.69) is 9.97 Å². The molecule has 1 aromatic heterocycles. The zero-order valence-electron chi connectivity index (χ0n) is 12.3. The molecule has 1 aliphatic heterocycles. The number of rotatable bonds is 4. The lowest BCUT2D eigenvalue weighted by atomic mass is 10.1. The van der Waals surface area contributed by atoms with Gasteiger partial charge in [0.15, 0.2) is 0 Å². The highest BCUT2D eigenvalue weighted by atomic mass is 32.2. The van der Waals surface area contributed by atoms with Gasteiger partial charge in [-0.25, -0.2) is 22.8 Å². The van der Waals surface area contributed by atoms with Crippen molar-refractivity contribution in [2.75, 3.05) is 13.1 Å². The van der Waals surface area contributed by atoms with Crippen LogP contribution in [-0.2, 0) is 10.0 Å². The molecule has 0 atom stereocenters. The number of hydrogen-bond acceptors (Lipinski definition) is 5. The maximum absolute atomic E-state index is 13.8. The highest BCUT2D eigenvalue weighted by Crippen LogP contribution is 2.24. The summed E-state index contributed by atoms with van der Waals surface area (Å²) in [5.74, 6) is -0.733. The molecule has 0 amide bonds. The van der Waals surface area contributed by atoms with Crippen molar-refractivity contribution >= 4 is 10.0 Å². The van der Waals surface area contributed by atoms with E-state index in [-0.39, 0.29) is 30.1 Å². The van der Waals surface area contributed by atoms with E-state index in [1.54, 1.807) is 18.5 Å². The summed E-state index contributed by atoms with van der Waals surface area (Å²) in [6.45, 7) is 0.544. The number of aromatic nitrogens is 2. The van der Waals surface area contributed by atoms with Crippen LogP contribution in [0.2, 0.25) is 0 Å². The molecule has 0 aliphatic carbocycles. The third kappa shape index (κ3) is 3.48. The van der Waals surface area contributed by atoms with Crippen molar-refractivity contribution in [2.24, 2.45) is 0 Å². The standard InChI is InChI=1S/C15H16FN3O3S/c16-13-4-1-2-5-14(13)23(20,21)19-10-6-12(7-11-19)22-15-17-8-3-9-18-15/h1-5,8-9,12H,6-7,10-11H2. The Balaban J connectivity index is 1.66. The van der Waals surface area contributed by atoms with Crippen molar-refractivity contribution in [3.8, 4) is 6.01 Å². The molecule has 0 spiro atoms. The quantitative estimate of drug-likeness (QED) is 0.851. The molecule has 1 aliphatic rings. The van der Waals surface area contributed by atoms with Gasteiger partial charge in [-0.05, 0) is 31.0 Å². The molecule has 0 radical (unpaired) electrons. The van der Waals surface area contributed by atoms with E-state index >= 15 is 0 Å². The molecule has 1 saturated heterocycles. The van der Waals surface area contributed by atoms with Crippen LogP contribution in [0.4, 0.5) is 4.39 Å². The van der Waals surface area contributed by atoms with Crippen LogP contribution >= 0.6 is 0 Å². The topological polar surface area (TPSA) is 72.4 Å². The fourth-order valence-corrected chi connectivity index (χ4v) is 4.01. The average molecular weight is 337 g/mol. The molecule has 8 heteroatoms. The Morgan fingerprint density at radius 3 is 2.39 bits per heavy atom. The van der Waals surface area contributed by atoms with Gasteiger partial charge < -0.3 is 4.74 Å². The second kappa shape index (κ2) is 6.59. The molecule has 0 N–H and O–H groups in total. The summed E-state index contributed by atoms with van der Waals surface area (Å²) >= 11 is 0. The van der Waals surface area contributed by atoms with Crippen LogP contribution in [0.15, 0.2) is 47.6 Å². The maximum atomic E-state index is 13.8. The monoisotopic (exact) mass is 337 g/mol. The van der Waals surface area contributed by atoms with Crippen LogP contribution in [0, 0.1) is 5.82 Å². The minimum Gasteiger partial charge on any atom is -0.460 e. The number of benzene rings is 1. The summed E-state index contributed by atoms with van der Waals surface area (Å²) in [7, 11) is -3.82. The number of halogens is 1. The zero-order chi connectivity index (χ0) is 16.3. The normalized spacial score (nSPS) is 17.1. The van der Waals surface area contributed by atoms with Gasteiger partial charge in [0.05, 0.1) is 0 Å². The van der Waals surface area contributed by atoms with Gasteiger partial charge in [0.25, 0.3) is 0 Å². The van der Waals surface area contributed by atoms with E-state index in [9.17, 15) is 12.8 Å². The molecule has 2 aromatic rings. The van der Waals surface area contributed by atoms with Crippen LogP contribution in [0.25, 0.3) is 0 Å². The number of sulfonamides is 1. The number of ether oxygens (including phenoxy) is 1. The SMILES string of the molecule is O=S(=O)(c1ccccc1F)N1CCC(Oc2ncccn2)CC1.